The minimum absolute atomic E-state index is 0.0990. The summed E-state index contributed by atoms with van der Waals surface area (Å²) in [7, 11) is 4.14. The Kier molecular flexibility index (Phi) is 8.12. The van der Waals surface area contributed by atoms with E-state index in [9.17, 15) is 9.59 Å². The van der Waals surface area contributed by atoms with Gasteiger partial charge in [0.15, 0.2) is 0 Å². The lowest BCUT2D eigenvalue weighted by atomic mass is 9.72. The molecule has 3 aliphatic heterocycles. The fraction of sp³-hybridized carbons (Fsp3) is 0.625. The second-order valence-electron chi connectivity index (χ2n) is 9.12. The first-order valence-corrected chi connectivity index (χ1v) is 11.4. The lowest BCUT2D eigenvalue weighted by Gasteiger charge is -2.57. The number of hydrogen-bond acceptors (Lipinski definition) is 5. The minimum atomic E-state index is -0.250. The van der Waals surface area contributed by atoms with Crippen LogP contribution in [0.4, 0.5) is 0 Å². The normalized spacial score (nSPS) is 26.7. The molecule has 0 unspecified atom stereocenters. The van der Waals surface area contributed by atoms with E-state index in [2.05, 4.69) is 23.9 Å². The maximum absolute atomic E-state index is 13.2. The van der Waals surface area contributed by atoms with Crippen molar-refractivity contribution in [2.24, 2.45) is 11.8 Å². The number of likely N-dealkylation sites (tertiary alicyclic amines) is 1. The summed E-state index contributed by atoms with van der Waals surface area (Å²) in [5.41, 5.74) is 0.717. The maximum atomic E-state index is 13.2. The molecule has 0 aliphatic carbocycles. The third kappa shape index (κ3) is 5.23. The Morgan fingerprint density at radius 3 is 2.50 bits per heavy atom. The summed E-state index contributed by atoms with van der Waals surface area (Å²) in [6.45, 7) is 4.68. The summed E-state index contributed by atoms with van der Waals surface area (Å²) in [6.07, 6.45) is 3.84. The summed E-state index contributed by atoms with van der Waals surface area (Å²) in [6, 6.07) is 7.97. The number of piperidine rings is 3. The number of nitrogens with zero attached hydrogens (tertiary/aromatic N) is 3. The summed E-state index contributed by atoms with van der Waals surface area (Å²) in [5, 5.41) is 6.89. The molecule has 2 amide bonds. The average Bonchev–Trinajstić information content (AvgIpc) is 2.77. The molecule has 0 spiro atoms. The Bertz CT molecular complexity index is 797. The van der Waals surface area contributed by atoms with Crippen molar-refractivity contribution in [1.29, 1.82) is 0 Å². The van der Waals surface area contributed by atoms with Gasteiger partial charge in [0.1, 0.15) is 5.75 Å². The van der Waals surface area contributed by atoms with Gasteiger partial charge in [0.05, 0.1) is 6.61 Å². The van der Waals surface area contributed by atoms with Gasteiger partial charge >= 0.3 is 0 Å². The van der Waals surface area contributed by atoms with E-state index in [0.29, 0.717) is 36.3 Å². The minimum Gasteiger partial charge on any atom is -0.494 e. The molecule has 1 aromatic carbocycles. The van der Waals surface area contributed by atoms with Crippen LogP contribution in [0.5, 0.6) is 5.75 Å². The van der Waals surface area contributed by atoms with Crippen molar-refractivity contribution >= 4 is 18.3 Å². The highest BCUT2D eigenvalue weighted by molar-refractivity contribution is 5.94. The van der Waals surface area contributed by atoms with Crippen LogP contribution >= 0.6 is 0 Å². The van der Waals surface area contributed by atoms with Gasteiger partial charge in [-0.2, -0.15) is 0 Å². The third-order valence-corrected chi connectivity index (χ3v) is 6.75. The molecule has 176 valence electrons. The number of fused-ring (bicyclic) bond motifs is 4. The van der Waals surface area contributed by atoms with E-state index in [0.717, 1.165) is 44.6 Å². The van der Waals surface area contributed by atoms with Crippen molar-refractivity contribution in [3.05, 3.63) is 29.8 Å². The van der Waals surface area contributed by atoms with Crippen LogP contribution in [0.15, 0.2) is 24.3 Å². The zero-order valence-corrected chi connectivity index (χ0v) is 19.3. The molecule has 3 heterocycles. The summed E-state index contributed by atoms with van der Waals surface area (Å²) in [5.74, 6) is 1.95. The van der Waals surface area contributed by atoms with Gasteiger partial charge in [-0.05, 0) is 76.4 Å². The van der Waals surface area contributed by atoms with Crippen LogP contribution in [0.25, 0.3) is 0 Å². The topological polar surface area (TPSA) is 90.4 Å². The Labute approximate surface area is 190 Å². The highest BCUT2D eigenvalue weighted by Gasteiger charge is 2.50. The van der Waals surface area contributed by atoms with Crippen LogP contribution in [-0.2, 0) is 9.59 Å². The zero-order chi connectivity index (χ0) is 23.3. The van der Waals surface area contributed by atoms with E-state index in [4.69, 9.17) is 14.6 Å². The Morgan fingerprint density at radius 1 is 1.22 bits per heavy atom. The fourth-order valence-electron chi connectivity index (χ4n) is 5.59. The number of likely N-dealkylation sites (N-methyl/N-ethyl adjacent to an activating group) is 1. The molecule has 4 rings (SSSR count). The van der Waals surface area contributed by atoms with Crippen molar-refractivity contribution in [2.45, 2.75) is 44.7 Å². The van der Waals surface area contributed by atoms with Gasteiger partial charge < -0.3 is 24.5 Å². The third-order valence-electron chi connectivity index (χ3n) is 6.75. The van der Waals surface area contributed by atoms with Crippen LogP contribution in [0, 0.1) is 11.8 Å². The first-order chi connectivity index (χ1) is 15.4. The van der Waals surface area contributed by atoms with Crippen LogP contribution in [0.3, 0.4) is 0 Å². The van der Waals surface area contributed by atoms with Gasteiger partial charge in [-0.25, -0.2) is 0 Å². The molecule has 2 bridgehead atoms. The van der Waals surface area contributed by atoms with Gasteiger partial charge in [0.2, 0.25) is 5.91 Å². The largest absolute Gasteiger partial charge is 0.494 e. The molecule has 3 aliphatic rings. The van der Waals surface area contributed by atoms with Crippen LogP contribution in [-0.4, -0.2) is 90.5 Å². The number of carboxylic acid groups (broad SMARTS) is 1. The molecular weight excluding hydrogens is 410 g/mol. The Morgan fingerprint density at radius 2 is 1.88 bits per heavy atom. The zero-order valence-electron chi connectivity index (χ0n) is 19.3. The second-order valence-corrected chi connectivity index (χ2v) is 9.12. The first-order valence-electron chi connectivity index (χ1n) is 11.4. The van der Waals surface area contributed by atoms with Crippen molar-refractivity contribution in [2.75, 3.05) is 40.3 Å². The number of benzene rings is 1. The molecule has 8 nitrogen and oxygen atoms in total. The number of hydrogen-bond donors (Lipinski definition) is 1. The number of carbonyl (C=O) groups excluding carboxylic acids is 2. The first kappa shape index (κ1) is 24.0. The van der Waals surface area contributed by atoms with Crippen LogP contribution < -0.4 is 4.74 Å². The molecule has 1 N–H and O–H groups in total. The number of carbonyl (C=O) groups is 3. The van der Waals surface area contributed by atoms with E-state index in [1.54, 1.807) is 0 Å². The molecule has 3 saturated heterocycles. The standard InChI is InChI=1S/C23H33N3O3.CH2O2/c1-4-29-19-10-8-16(9-11-19)23(28)25-13-17-12-18(14-25)21(15-24(2)3)26-20(17)6-5-7-22(26)27;2-1-3/h8-11,17-18,20-21H,4-7,12-15H2,1-3H3;1H,(H,2,3)/t17-,18+,20+,21+;/m1./s1. The molecule has 0 saturated carbocycles. The van der Waals surface area contributed by atoms with Gasteiger partial charge in [0.25, 0.3) is 12.4 Å². The van der Waals surface area contributed by atoms with E-state index in [1.807, 2.05) is 36.1 Å². The van der Waals surface area contributed by atoms with E-state index < -0.39 is 0 Å². The molecule has 0 radical (unpaired) electrons. The second kappa shape index (κ2) is 10.8. The van der Waals surface area contributed by atoms with Gasteiger partial charge in [-0.1, -0.05) is 0 Å². The average molecular weight is 446 g/mol. The molecular formula is C24H35N3O5. The van der Waals surface area contributed by atoms with Gasteiger partial charge in [-0.15, -0.1) is 0 Å². The van der Waals surface area contributed by atoms with Crippen LogP contribution in [0.2, 0.25) is 0 Å². The van der Waals surface area contributed by atoms with E-state index >= 15 is 0 Å². The van der Waals surface area contributed by atoms with Crippen molar-refractivity contribution in [3.8, 4) is 5.75 Å². The van der Waals surface area contributed by atoms with Crippen LogP contribution in [0.1, 0.15) is 43.0 Å². The van der Waals surface area contributed by atoms with Gasteiger partial charge in [0, 0.05) is 43.7 Å². The fourth-order valence-corrected chi connectivity index (χ4v) is 5.59. The molecule has 3 fully saturated rings. The summed E-state index contributed by atoms with van der Waals surface area (Å²) in [4.78, 5) is 40.8. The molecule has 8 heteroatoms. The molecule has 32 heavy (non-hydrogen) atoms. The van der Waals surface area contributed by atoms with Crippen molar-refractivity contribution in [1.82, 2.24) is 14.7 Å². The number of ether oxygens (including phenoxy) is 1. The lowest BCUT2D eigenvalue weighted by Crippen LogP contribution is -2.67. The monoisotopic (exact) mass is 445 g/mol. The Hall–Kier alpha value is -2.61. The SMILES string of the molecule is CCOc1ccc(C(=O)N2C[C@H]3C[C@@H](C2)[C@H](CN(C)C)N2C(=O)CCC[C@@H]32)cc1.O=CO. The molecule has 0 aromatic heterocycles. The van der Waals surface area contributed by atoms with E-state index in [-0.39, 0.29) is 24.5 Å². The summed E-state index contributed by atoms with van der Waals surface area (Å²) < 4.78 is 5.50. The smallest absolute Gasteiger partial charge is 0.290 e. The van der Waals surface area contributed by atoms with Gasteiger partial charge in [-0.3, -0.25) is 14.4 Å². The number of amides is 2. The van der Waals surface area contributed by atoms with Crippen molar-refractivity contribution < 1.29 is 24.2 Å². The number of rotatable bonds is 5. The predicted octanol–water partition coefficient (Wildman–Crippen LogP) is 2.19. The molecule has 1 aromatic rings. The summed E-state index contributed by atoms with van der Waals surface area (Å²) >= 11 is 0. The maximum Gasteiger partial charge on any atom is 0.290 e. The lowest BCUT2D eigenvalue weighted by molar-refractivity contribution is -0.152. The highest BCUT2D eigenvalue weighted by atomic mass is 16.5. The Balaban J connectivity index is 0.000000913. The highest BCUT2D eigenvalue weighted by Crippen LogP contribution is 2.42. The van der Waals surface area contributed by atoms with Crippen molar-refractivity contribution in [3.63, 3.8) is 0 Å². The quantitative estimate of drug-likeness (QED) is 0.699. The predicted molar refractivity (Wildman–Crippen MR) is 121 cm³/mol. The molecule has 4 atom stereocenters. The van der Waals surface area contributed by atoms with E-state index in [1.165, 1.54) is 0 Å².